The Kier molecular flexibility index (Phi) is 11.3. The van der Waals surface area contributed by atoms with E-state index in [4.69, 9.17) is 9.47 Å². The Balaban J connectivity index is 1.55. The Hall–Kier alpha value is -1.34. The number of amides is 1. The maximum atomic E-state index is 12.1. The van der Waals surface area contributed by atoms with Gasteiger partial charge in [-0.15, -0.1) is 0 Å². The summed E-state index contributed by atoms with van der Waals surface area (Å²) in [6, 6.07) is 0. The van der Waals surface area contributed by atoms with Gasteiger partial charge in [0.25, 0.3) is 0 Å². The van der Waals surface area contributed by atoms with Gasteiger partial charge in [-0.3, -0.25) is 9.79 Å². The van der Waals surface area contributed by atoms with Gasteiger partial charge in [-0.2, -0.15) is 0 Å². The maximum absolute atomic E-state index is 12.1. The van der Waals surface area contributed by atoms with Gasteiger partial charge < -0.3 is 25.0 Å². The highest BCUT2D eigenvalue weighted by Crippen LogP contribution is 2.25. The lowest BCUT2D eigenvalue weighted by atomic mass is 9.87. The van der Waals surface area contributed by atoms with Crippen molar-refractivity contribution >= 4 is 11.9 Å². The number of carbonyl (C=O) groups is 1. The summed E-state index contributed by atoms with van der Waals surface area (Å²) >= 11 is 0. The second-order valence-electron chi connectivity index (χ2n) is 7.94. The summed E-state index contributed by atoms with van der Waals surface area (Å²) in [7, 11) is 3.54. The average molecular weight is 397 g/mol. The van der Waals surface area contributed by atoms with E-state index in [0.717, 1.165) is 51.5 Å². The van der Waals surface area contributed by atoms with Crippen molar-refractivity contribution in [1.29, 1.82) is 0 Å². The zero-order valence-electron chi connectivity index (χ0n) is 17.9. The fraction of sp³-hybridized carbons (Fsp3) is 0.905. The summed E-state index contributed by atoms with van der Waals surface area (Å²) < 4.78 is 11.0. The molecule has 1 amide bonds. The second kappa shape index (κ2) is 13.8. The molecule has 2 aliphatic rings. The number of nitrogens with zero attached hydrogens (tertiary/aromatic N) is 2. The van der Waals surface area contributed by atoms with Crippen LogP contribution in [0.5, 0.6) is 0 Å². The number of guanidine groups is 1. The van der Waals surface area contributed by atoms with E-state index in [0.29, 0.717) is 31.5 Å². The molecule has 0 spiro atoms. The number of likely N-dealkylation sites (tertiary alicyclic amines) is 1. The number of rotatable bonds is 10. The quantitative estimate of drug-likeness (QED) is 0.336. The second-order valence-corrected chi connectivity index (χ2v) is 7.94. The molecule has 0 radical (unpaired) electrons. The van der Waals surface area contributed by atoms with Crippen LogP contribution in [0.2, 0.25) is 0 Å². The molecule has 7 nitrogen and oxygen atoms in total. The van der Waals surface area contributed by atoms with Crippen LogP contribution in [0, 0.1) is 5.92 Å². The van der Waals surface area contributed by atoms with E-state index >= 15 is 0 Å². The van der Waals surface area contributed by atoms with Crippen molar-refractivity contribution in [2.24, 2.45) is 10.9 Å². The molecule has 0 unspecified atom stereocenters. The molecular formula is C21H40N4O3. The van der Waals surface area contributed by atoms with Gasteiger partial charge in [0, 0.05) is 60.0 Å². The molecule has 0 aromatic heterocycles. The highest BCUT2D eigenvalue weighted by Gasteiger charge is 2.22. The largest absolute Gasteiger partial charge is 0.385 e. The predicted molar refractivity (Wildman–Crippen MR) is 113 cm³/mol. The highest BCUT2D eigenvalue weighted by atomic mass is 16.5. The monoisotopic (exact) mass is 396 g/mol. The number of nitrogens with one attached hydrogen (secondary N) is 2. The predicted octanol–water partition coefficient (Wildman–Crippen LogP) is 2.17. The SMILES string of the molecule is CN=C(NCCNC(=O)CC1CCCCC1)N1CCC(OCCCOC)CC1. The van der Waals surface area contributed by atoms with E-state index in [1.165, 1.54) is 32.1 Å². The van der Waals surface area contributed by atoms with E-state index in [1.54, 1.807) is 7.11 Å². The van der Waals surface area contributed by atoms with Crippen LogP contribution < -0.4 is 10.6 Å². The normalized spacial score (nSPS) is 19.6. The van der Waals surface area contributed by atoms with Crippen molar-refractivity contribution in [3.63, 3.8) is 0 Å². The van der Waals surface area contributed by atoms with E-state index in [-0.39, 0.29) is 5.91 Å². The van der Waals surface area contributed by atoms with Gasteiger partial charge in [-0.25, -0.2) is 0 Å². The minimum absolute atomic E-state index is 0.190. The molecule has 1 saturated carbocycles. The molecule has 1 aliphatic carbocycles. The third kappa shape index (κ3) is 8.78. The number of hydrogen-bond donors (Lipinski definition) is 2. The van der Waals surface area contributed by atoms with Gasteiger partial charge in [0.2, 0.25) is 5.91 Å². The molecule has 1 aliphatic heterocycles. The molecule has 7 heteroatoms. The smallest absolute Gasteiger partial charge is 0.220 e. The first kappa shape index (κ1) is 22.9. The first-order valence-electron chi connectivity index (χ1n) is 11.1. The van der Waals surface area contributed by atoms with Crippen LogP contribution in [0.25, 0.3) is 0 Å². The van der Waals surface area contributed by atoms with Crippen molar-refractivity contribution in [2.75, 3.05) is 53.6 Å². The standard InChI is InChI=1S/C21H40N4O3/c1-22-21(25-13-9-19(10-14-25)28-16-6-15-27-2)24-12-11-23-20(26)17-18-7-4-3-5-8-18/h18-19H,3-17H2,1-2H3,(H,22,24)(H,23,26). The summed E-state index contributed by atoms with van der Waals surface area (Å²) in [5.74, 6) is 1.70. The van der Waals surface area contributed by atoms with E-state index < -0.39 is 0 Å². The first-order chi connectivity index (χ1) is 13.7. The third-order valence-electron chi connectivity index (χ3n) is 5.73. The summed E-state index contributed by atoms with van der Waals surface area (Å²) in [4.78, 5) is 18.8. The number of carbonyl (C=O) groups excluding carboxylic acids is 1. The molecule has 2 N–H and O–H groups in total. The Morgan fingerprint density at radius 2 is 1.75 bits per heavy atom. The number of hydrogen-bond acceptors (Lipinski definition) is 4. The number of ether oxygens (including phenoxy) is 2. The van der Waals surface area contributed by atoms with Crippen molar-refractivity contribution in [3.05, 3.63) is 0 Å². The first-order valence-corrected chi connectivity index (χ1v) is 11.1. The molecule has 1 heterocycles. The topological polar surface area (TPSA) is 75.2 Å². The summed E-state index contributed by atoms with van der Waals surface area (Å²) in [6.07, 6.45) is 10.3. The van der Waals surface area contributed by atoms with Crippen LogP contribution >= 0.6 is 0 Å². The third-order valence-corrected chi connectivity index (χ3v) is 5.73. The van der Waals surface area contributed by atoms with Crippen LogP contribution in [-0.4, -0.2) is 76.4 Å². The van der Waals surface area contributed by atoms with Crippen LogP contribution in [0.3, 0.4) is 0 Å². The van der Waals surface area contributed by atoms with Gasteiger partial charge in [0.05, 0.1) is 6.10 Å². The van der Waals surface area contributed by atoms with Crippen molar-refractivity contribution in [2.45, 2.75) is 63.9 Å². The molecule has 0 bridgehead atoms. The van der Waals surface area contributed by atoms with Crippen molar-refractivity contribution in [3.8, 4) is 0 Å². The summed E-state index contributed by atoms with van der Waals surface area (Å²) in [6.45, 7) is 4.77. The van der Waals surface area contributed by atoms with E-state index in [1.807, 2.05) is 7.05 Å². The maximum Gasteiger partial charge on any atom is 0.220 e. The molecular weight excluding hydrogens is 356 g/mol. The van der Waals surface area contributed by atoms with Crippen molar-refractivity contribution in [1.82, 2.24) is 15.5 Å². The number of methoxy groups -OCH3 is 1. The lowest BCUT2D eigenvalue weighted by Crippen LogP contribution is -2.48. The average Bonchev–Trinajstić information content (AvgIpc) is 2.73. The molecule has 0 atom stereocenters. The highest BCUT2D eigenvalue weighted by molar-refractivity contribution is 5.80. The zero-order chi connectivity index (χ0) is 20.0. The molecule has 162 valence electrons. The number of aliphatic imine (C=N–C) groups is 1. The summed E-state index contributed by atoms with van der Waals surface area (Å²) in [5.41, 5.74) is 0. The Bertz CT molecular complexity index is 459. The summed E-state index contributed by atoms with van der Waals surface area (Å²) in [5, 5.41) is 6.42. The van der Waals surface area contributed by atoms with E-state index in [9.17, 15) is 4.79 Å². The van der Waals surface area contributed by atoms with Gasteiger partial charge in [-0.05, 0) is 38.0 Å². The number of piperidine rings is 1. The molecule has 2 fully saturated rings. The fourth-order valence-electron chi connectivity index (χ4n) is 4.12. The molecule has 0 aromatic carbocycles. The van der Waals surface area contributed by atoms with Crippen molar-refractivity contribution < 1.29 is 14.3 Å². The lowest BCUT2D eigenvalue weighted by Gasteiger charge is -2.34. The molecule has 1 saturated heterocycles. The molecule has 0 aromatic rings. The zero-order valence-corrected chi connectivity index (χ0v) is 17.9. The van der Waals surface area contributed by atoms with Gasteiger partial charge >= 0.3 is 0 Å². The van der Waals surface area contributed by atoms with Gasteiger partial charge in [-0.1, -0.05) is 19.3 Å². The molecule has 28 heavy (non-hydrogen) atoms. The minimum Gasteiger partial charge on any atom is -0.385 e. The van der Waals surface area contributed by atoms with Gasteiger partial charge in [0.1, 0.15) is 0 Å². The van der Waals surface area contributed by atoms with Crippen LogP contribution in [0.1, 0.15) is 57.8 Å². The minimum atomic E-state index is 0.190. The Morgan fingerprint density at radius 3 is 2.43 bits per heavy atom. The van der Waals surface area contributed by atoms with Crippen LogP contribution in [-0.2, 0) is 14.3 Å². The fourth-order valence-corrected chi connectivity index (χ4v) is 4.12. The van der Waals surface area contributed by atoms with Crippen LogP contribution in [0.15, 0.2) is 4.99 Å². The van der Waals surface area contributed by atoms with E-state index in [2.05, 4.69) is 20.5 Å². The lowest BCUT2D eigenvalue weighted by molar-refractivity contribution is -0.122. The molecule has 2 rings (SSSR count). The van der Waals surface area contributed by atoms with Gasteiger partial charge in [0.15, 0.2) is 5.96 Å². The van der Waals surface area contributed by atoms with Crippen LogP contribution in [0.4, 0.5) is 0 Å². The Labute approximate surface area is 170 Å². The Morgan fingerprint density at radius 1 is 1.04 bits per heavy atom.